The van der Waals surface area contributed by atoms with E-state index in [9.17, 15) is 5.26 Å². The Morgan fingerprint density at radius 2 is 2.08 bits per heavy atom. The summed E-state index contributed by atoms with van der Waals surface area (Å²) in [6.45, 7) is 2.28. The van der Waals surface area contributed by atoms with Crippen molar-refractivity contribution in [2.24, 2.45) is 17.6 Å². The third kappa shape index (κ3) is 2.54. The number of nitrogens with two attached hydrogens (primary N) is 1. The molecule has 0 amide bonds. The Labute approximate surface area is 158 Å². The molecule has 3 aliphatic rings. The molecule has 3 nitrogen and oxygen atoms in total. The Balaban J connectivity index is 1.68. The van der Waals surface area contributed by atoms with E-state index in [-0.39, 0.29) is 5.92 Å². The molecule has 0 spiro atoms. The van der Waals surface area contributed by atoms with Crippen molar-refractivity contribution in [1.82, 2.24) is 5.32 Å². The molecule has 0 bridgehead atoms. The van der Waals surface area contributed by atoms with E-state index in [2.05, 4.69) is 29.8 Å². The van der Waals surface area contributed by atoms with Crippen molar-refractivity contribution in [2.75, 3.05) is 0 Å². The van der Waals surface area contributed by atoms with Crippen LogP contribution in [-0.2, 0) is 0 Å². The summed E-state index contributed by atoms with van der Waals surface area (Å²) in [6.07, 6.45) is 6.27. The summed E-state index contributed by atoms with van der Waals surface area (Å²) in [7, 11) is 0. The van der Waals surface area contributed by atoms with Crippen molar-refractivity contribution in [3.8, 4) is 6.07 Å². The number of allylic oxidation sites excluding steroid dienone is 3. The number of benzene rings is 1. The summed E-state index contributed by atoms with van der Waals surface area (Å²) < 4.78 is 1.11. The van der Waals surface area contributed by atoms with Crippen LogP contribution in [0.3, 0.4) is 0 Å². The Kier molecular flexibility index (Phi) is 3.62. The van der Waals surface area contributed by atoms with Crippen LogP contribution in [0.5, 0.6) is 0 Å². The second kappa shape index (κ2) is 5.89. The summed E-state index contributed by atoms with van der Waals surface area (Å²) in [5.41, 5.74) is 12.8. The molecule has 1 unspecified atom stereocenters. The van der Waals surface area contributed by atoms with E-state index >= 15 is 0 Å². The fraction of sp³-hybridized carbons (Fsp3) is 0.409. The van der Waals surface area contributed by atoms with Crippen molar-refractivity contribution in [2.45, 2.75) is 44.9 Å². The third-order valence-corrected chi connectivity index (χ3v) is 7.12. The minimum atomic E-state index is 0.259. The first kappa shape index (κ1) is 16.0. The van der Waals surface area contributed by atoms with Gasteiger partial charge in [-0.2, -0.15) is 5.26 Å². The molecule has 0 saturated heterocycles. The monoisotopic (exact) mass is 361 g/mol. The van der Waals surface area contributed by atoms with Crippen LogP contribution in [0.25, 0.3) is 10.1 Å². The van der Waals surface area contributed by atoms with Crippen molar-refractivity contribution in [3.63, 3.8) is 0 Å². The smallest absolute Gasteiger partial charge is 0.101 e. The minimum absolute atomic E-state index is 0.259. The van der Waals surface area contributed by atoms with Crippen LogP contribution in [0.2, 0.25) is 0 Å². The van der Waals surface area contributed by atoms with Crippen LogP contribution < -0.4 is 11.1 Å². The molecule has 3 N–H and O–H groups in total. The lowest BCUT2D eigenvalue weighted by molar-refractivity contribution is 0.660. The number of rotatable bonds is 4. The zero-order chi connectivity index (χ0) is 17.8. The van der Waals surface area contributed by atoms with Gasteiger partial charge >= 0.3 is 0 Å². The second-order valence-electron chi connectivity index (χ2n) is 8.00. The number of nitrogens with zero attached hydrogens (tertiary/aromatic N) is 1. The molecule has 26 heavy (non-hydrogen) atoms. The lowest BCUT2D eigenvalue weighted by Gasteiger charge is -2.32. The van der Waals surface area contributed by atoms with E-state index in [1.165, 1.54) is 53.5 Å². The Morgan fingerprint density at radius 3 is 2.77 bits per heavy atom. The number of hydrogen-bond donors (Lipinski definition) is 2. The molecule has 2 saturated carbocycles. The van der Waals surface area contributed by atoms with Crippen LogP contribution in [-0.4, -0.2) is 0 Å². The van der Waals surface area contributed by atoms with Crippen molar-refractivity contribution in [3.05, 3.63) is 57.4 Å². The molecule has 2 aliphatic carbocycles. The summed E-state index contributed by atoms with van der Waals surface area (Å²) >= 11 is 1.69. The molecule has 5 rings (SSSR count). The largest absolute Gasteiger partial charge is 0.385 e. The predicted molar refractivity (Wildman–Crippen MR) is 106 cm³/mol. The lowest BCUT2D eigenvalue weighted by atomic mass is 9.79. The van der Waals surface area contributed by atoms with E-state index < -0.39 is 0 Å². The van der Waals surface area contributed by atoms with Gasteiger partial charge in [-0.05, 0) is 84.4 Å². The highest BCUT2D eigenvalue weighted by Crippen LogP contribution is 2.50. The maximum absolute atomic E-state index is 9.46. The molecule has 1 aromatic carbocycles. The van der Waals surface area contributed by atoms with E-state index in [1.54, 1.807) is 11.3 Å². The molecule has 0 radical (unpaired) electrons. The van der Waals surface area contributed by atoms with Gasteiger partial charge in [0.15, 0.2) is 0 Å². The fourth-order valence-corrected chi connectivity index (χ4v) is 5.42. The SMILES string of the molecule is CC1=C(C2CC2)NC(N)=C(CC2CC2)C1c1csc2c(C#N)cccc12. The van der Waals surface area contributed by atoms with E-state index in [1.807, 2.05) is 12.1 Å². The molecule has 1 aromatic heterocycles. The summed E-state index contributed by atoms with van der Waals surface area (Å²) in [5.74, 6) is 2.58. The van der Waals surface area contributed by atoms with Crippen LogP contribution in [0.1, 0.15) is 56.1 Å². The molecular weight excluding hydrogens is 338 g/mol. The van der Waals surface area contributed by atoms with Gasteiger partial charge in [-0.25, -0.2) is 0 Å². The number of fused-ring (bicyclic) bond motifs is 1. The highest BCUT2D eigenvalue weighted by Gasteiger charge is 2.38. The third-order valence-electron chi connectivity index (χ3n) is 6.07. The Hall–Kier alpha value is -2.25. The number of thiophene rings is 1. The molecule has 132 valence electrons. The van der Waals surface area contributed by atoms with Gasteiger partial charge in [-0.1, -0.05) is 12.1 Å². The maximum atomic E-state index is 9.46. The number of dihydropyridines is 1. The standard InChI is InChI=1S/C22H23N3S/c1-12-19(18-11-26-21-15(10-23)3-2-4-16(18)21)17(9-13-5-6-13)22(24)25-20(12)14-7-8-14/h2-4,11,13-14,19,25H,5-9,24H2,1H3. The summed E-state index contributed by atoms with van der Waals surface area (Å²) in [5, 5.41) is 16.5. The fourth-order valence-electron chi connectivity index (χ4n) is 4.36. The average Bonchev–Trinajstić information content (AvgIpc) is 3.56. The van der Waals surface area contributed by atoms with Gasteiger partial charge in [0.05, 0.1) is 10.3 Å². The Bertz CT molecular complexity index is 996. The second-order valence-corrected chi connectivity index (χ2v) is 8.88. The lowest BCUT2D eigenvalue weighted by Crippen LogP contribution is -2.31. The molecular formula is C22H23N3S. The normalized spacial score (nSPS) is 23.3. The molecule has 4 heteroatoms. The molecule has 1 atom stereocenters. The van der Waals surface area contributed by atoms with Gasteiger partial charge in [-0.15, -0.1) is 11.3 Å². The first-order valence-electron chi connectivity index (χ1n) is 9.53. The molecule has 2 aromatic rings. The van der Waals surface area contributed by atoms with Gasteiger partial charge in [0.25, 0.3) is 0 Å². The van der Waals surface area contributed by atoms with E-state index in [0.717, 1.165) is 28.4 Å². The van der Waals surface area contributed by atoms with Crippen molar-refractivity contribution in [1.29, 1.82) is 5.26 Å². The summed E-state index contributed by atoms with van der Waals surface area (Å²) in [6, 6.07) is 8.43. The van der Waals surface area contributed by atoms with Gasteiger partial charge in [0.1, 0.15) is 11.9 Å². The summed E-state index contributed by atoms with van der Waals surface area (Å²) in [4.78, 5) is 0. The number of nitrogens with one attached hydrogen (secondary N) is 1. The van der Waals surface area contributed by atoms with Crippen LogP contribution in [0.15, 0.2) is 46.2 Å². The van der Waals surface area contributed by atoms with Crippen molar-refractivity contribution >= 4 is 21.4 Å². The van der Waals surface area contributed by atoms with Gasteiger partial charge in [0.2, 0.25) is 0 Å². The molecule has 1 aliphatic heterocycles. The van der Waals surface area contributed by atoms with E-state index in [4.69, 9.17) is 5.73 Å². The van der Waals surface area contributed by atoms with E-state index in [0.29, 0.717) is 5.92 Å². The molecule has 2 heterocycles. The topological polar surface area (TPSA) is 61.8 Å². The van der Waals surface area contributed by atoms with Crippen LogP contribution in [0, 0.1) is 23.2 Å². The number of nitriles is 1. The van der Waals surface area contributed by atoms with Gasteiger partial charge in [0, 0.05) is 11.6 Å². The minimum Gasteiger partial charge on any atom is -0.385 e. The highest BCUT2D eigenvalue weighted by atomic mass is 32.1. The van der Waals surface area contributed by atoms with Crippen molar-refractivity contribution < 1.29 is 0 Å². The zero-order valence-electron chi connectivity index (χ0n) is 15.0. The average molecular weight is 362 g/mol. The quantitative estimate of drug-likeness (QED) is 0.795. The molecule has 2 fully saturated rings. The highest BCUT2D eigenvalue weighted by molar-refractivity contribution is 7.17. The first-order chi connectivity index (χ1) is 12.7. The number of hydrogen-bond acceptors (Lipinski definition) is 4. The predicted octanol–water partition coefficient (Wildman–Crippen LogP) is 5.11. The van der Waals surface area contributed by atoms with Crippen LogP contribution in [0.4, 0.5) is 0 Å². The zero-order valence-corrected chi connectivity index (χ0v) is 15.8. The van der Waals surface area contributed by atoms with Crippen LogP contribution >= 0.6 is 11.3 Å². The Morgan fingerprint density at radius 1 is 1.27 bits per heavy atom. The maximum Gasteiger partial charge on any atom is 0.101 e. The van der Waals surface area contributed by atoms with Gasteiger partial charge < -0.3 is 11.1 Å². The first-order valence-corrected chi connectivity index (χ1v) is 10.4. The van der Waals surface area contributed by atoms with Gasteiger partial charge in [-0.3, -0.25) is 0 Å².